The van der Waals surface area contributed by atoms with Crippen LogP contribution in [0.5, 0.6) is 0 Å². The smallest absolute Gasteiger partial charge is 0.244 e. The third-order valence-electron chi connectivity index (χ3n) is 2.63. The second-order valence-corrected chi connectivity index (χ2v) is 4.14. The average molecular weight is 287 g/mol. The van der Waals surface area contributed by atoms with Crippen molar-refractivity contribution in [3.8, 4) is 0 Å². The van der Waals surface area contributed by atoms with Crippen molar-refractivity contribution in [2.75, 3.05) is 0 Å². The molecule has 1 heterocycles. The summed E-state index contributed by atoms with van der Waals surface area (Å²) in [5.74, 6) is -0.424. The SMILES string of the molecule is N=C(N)/C(N)=C/C(=NCc1ccccc1F)c1ncco1. The molecule has 0 unspecified atom stereocenters. The van der Waals surface area contributed by atoms with Gasteiger partial charge in [0.1, 0.15) is 23.6 Å². The highest BCUT2D eigenvalue weighted by Gasteiger charge is 2.08. The maximum Gasteiger partial charge on any atom is 0.244 e. The second kappa shape index (κ2) is 6.47. The predicted octanol–water partition coefficient (Wildman–Crippen LogP) is 1.58. The molecule has 21 heavy (non-hydrogen) atoms. The summed E-state index contributed by atoms with van der Waals surface area (Å²) >= 11 is 0. The van der Waals surface area contributed by atoms with E-state index in [-0.39, 0.29) is 35.5 Å². The Labute approximate surface area is 120 Å². The van der Waals surface area contributed by atoms with Crippen molar-refractivity contribution < 1.29 is 8.81 Å². The lowest BCUT2D eigenvalue weighted by molar-refractivity contribution is 0.547. The van der Waals surface area contributed by atoms with Crippen molar-refractivity contribution in [1.29, 1.82) is 5.41 Å². The van der Waals surface area contributed by atoms with Crippen LogP contribution in [0.4, 0.5) is 4.39 Å². The van der Waals surface area contributed by atoms with Crippen LogP contribution in [0.25, 0.3) is 0 Å². The molecule has 0 spiro atoms. The fourth-order valence-corrected chi connectivity index (χ4v) is 1.55. The fraction of sp³-hybridized carbons (Fsp3) is 0.0714. The Bertz CT molecular complexity index is 691. The summed E-state index contributed by atoms with van der Waals surface area (Å²) in [5, 5.41) is 7.27. The number of halogens is 1. The van der Waals surface area contributed by atoms with E-state index in [1.165, 1.54) is 24.6 Å². The first-order valence-corrected chi connectivity index (χ1v) is 6.07. The average Bonchev–Trinajstić information content (AvgIpc) is 2.98. The minimum Gasteiger partial charge on any atom is -0.443 e. The Morgan fingerprint density at radius 3 is 2.76 bits per heavy atom. The van der Waals surface area contributed by atoms with Crippen molar-refractivity contribution >= 4 is 11.5 Å². The zero-order valence-electron chi connectivity index (χ0n) is 11.1. The molecule has 7 heteroatoms. The van der Waals surface area contributed by atoms with Crippen molar-refractivity contribution in [3.63, 3.8) is 0 Å². The molecule has 0 saturated carbocycles. The number of nitrogens with two attached hydrogens (primary N) is 2. The Morgan fingerprint density at radius 1 is 1.38 bits per heavy atom. The van der Waals surface area contributed by atoms with Crippen LogP contribution in [0.2, 0.25) is 0 Å². The van der Waals surface area contributed by atoms with Crippen LogP contribution in [-0.4, -0.2) is 16.5 Å². The molecule has 108 valence electrons. The molecule has 6 nitrogen and oxygen atoms in total. The molecular formula is C14H14FN5O. The Kier molecular flexibility index (Phi) is 4.45. The van der Waals surface area contributed by atoms with Gasteiger partial charge in [0.2, 0.25) is 5.89 Å². The first-order chi connectivity index (χ1) is 10.1. The summed E-state index contributed by atoms with van der Waals surface area (Å²) in [7, 11) is 0. The van der Waals surface area contributed by atoms with E-state index in [2.05, 4.69) is 9.98 Å². The van der Waals surface area contributed by atoms with E-state index in [0.29, 0.717) is 5.56 Å². The van der Waals surface area contributed by atoms with Crippen molar-refractivity contribution in [2.45, 2.75) is 6.54 Å². The van der Waals surface area contributed by atoms with Gasteiger partial charge in [0.05, 0.1) is 18.4 Å². The molecule has 0 bridgehead atoms. The zero-order valence-corrected chi connectivity index (χ0v) is 11.1. The lowest BCUT2D eigenvalue weighted by Gasteiger charge is -2.02. The third-order valence-corrected chi connectivity index (χ3v) is 2.63. The number of amidine groups is 1. The normalized spacial score (nSPS) is 12.4. The summed E-state index contributed by atoms with van der Waals surface area (Å²) in [5.41, 5.74) is 11.6. The summed E-state index contributed by atoms with van der Waals surface area (Å²) in [4.78, 5) is 8.19. The highest BCUT2D eigenvalue weighted by atomic mass is 19.1. The maximum atomic E-state index is 13.6. The van der Waals surface area contributed by atoms with Crippen molar-refractivity contribution in [1.82, 2.24) is 4.98 Å². The number of aliphatic imine (C=N–C) groups is 1. The van der Waals surface area contributed by atoms with E-state index in [9.17, 15) is 4.39 Å². The molecule has 5 N–H and O–H groups in total. The molecule has 1 aromatic carbocycles. The summed E-state index contributed by atoms with van der Waals surface area (Å²) in [6.07, 6.45) is 4.20. The standard InChI is InChI=1S/C14H14FN5O/c15-10-4-2-1-3-9(10)8-20-12(7-11(16)13(17)18)14-19-5-6-21-14/h1-7H,8,16H2,(H3,17,18)/b11-7-,20-12?. The molecule has 0 fully saturated rings. The molecule has 0 amide bonds. The van der Waals surface area contributed by atoms with Gasteiger partial charge in [-0.15, -0.1) is 0 Å². The van der Waals surface area contributed by atoms with E-state index in [4.69, 9.17) is 21.3 Å². The van der Waals surface area contributed by atoms with Crippen LogP contribution >= 0.6 is 0 Å². The van der Waals surface area contributed by atoms with Gasteiger partial charge in [-0.2, -0.15) is 0 Å². The van der Waals surface area contributed by atoms with Crippen LogP contribution in [0.3, 0.4) is 0 Å². The minimum absolute atomic E-state index is 0.0282. The molecule has 1 aromatic heterocycles. The van der Waals surface area contributed by atoms with Crippen molar-refractivity contribution in [3.05, 3.63) is 65.8 Å². The highest BCUT2D eigenvalue weighted by molar-refractivity contribution is 6.10. The largest absolute Gasteiger partial charge is 0.443 e. The van der Waals surface area contributed by atoms with E-state index >= 15 is 0 Å². The summed E-state index contributed by atoms with van der Waals surface area (Å²) < 4.78 is 18.7. The van der Waals surface area contributed by atoms with Gasteiger partial charge in [-0.3, -0.25) is 10.4 Å². The van der Waals surface area contributed by atoms with Gasteiger partial charge in [-0.05, 0) is 12.1 Å². The first-order valence-electron chi connectivity index (χ1n) is 6.07. The second-order valence-electron chi connectivity index (χ2n) is 4.14. The topological polar surface area (TPSA) is 114 Å². The van der Waals surface area contributed by atoms with Gasteiger partial charge < -0.3 is 15.9 Å². The van der Waals surface area contributed by atoms with Gasteiger partial charge in [-0.25, -0.2) is 9.37 Å². The van der Waals surface area contributed by atoms with Gasteiger partial charge in [-0.1, -0.05) is 18.2 Å². The monoisotopic (exact) mass is 287 g/mol. The molecule has 0 atom stereocenters. The number of hydrogen-bond acceptors (Lipinski definition) is 5. The van der Waals surface area contributed by atoms with E-state index < -0.39 is 0 Å². The summed E-state index contributed by atoms with van der Waals surface area (Å²) in [6, 6.07) is 6.31. The highest BCUT2D eigenvalue weighted by Crippen LogP contribution is 2.09. The number of oxazole rings is 1. The van der Waals surface area contributed by atoms with Crippen LogP contribution < -0.4 is 11.5 Å². The van der Waals surface area contributed by atoms with E-state index in [1.54, 1.807) is 18.2 Å². The number of allylic oxidation sites excluding steroid dienone is 1. The first kappa shape index (κ1) is 14.4. The van der Waals surface area contributed by atoms with Gasteiger partial charge in [0.15, 0.2) is 0 Å². The predicted molar refractivity (Wildman–Crippen MR) is 77.3 cm³/mol. The van der Waals surface area contributed by atoms with Gasteiger partial charge >= 0.3 is 0 Å². The number of benzene rings is 1. The summed E-state index contributed by atoms with van der Waals surface area (Å²) in [6.45, 7) is 0.0894. The molecule has 0 radical (unpaired) electrons. The van der Waals surface area contributed by atoms with E-state index in [1.807, 2.05) is 0 Å². The number of hydrogen-bond donors (Lipinski definition) is 3. The number of nitrogens with zero attached hydrogens (tertiary/aromatic N) is 2. The lowest BCUT2D eigenvalue weighted by atomic mass is 10.2. The quantitative estimate of drug-likeness (QED) is 0.572. The Balaban J connectivity index is 2.32. The molecular weight excluding hydrogens is 273 g/mol. The van der Waals surface area contributed by atoms with E-state index in [0.717, 1.165) is 0 Å². The Hall–Kier alpha value is -2.96. The zero-order chi connectivity index (χ0) is 15.2. The molecule has 0 aliphatic carbocycles. The van der Waals surface area contributed by atoms with Crippen LogP contribution in [0, 0.1) is 11.2 Å². The number of rotatable bonds is 5. The lowest BCUT2D eigenvalue weighted by Crippen LogP contribution is -2.20. The van der Waals surface area contributed by atoms with Crippen LogP contribution in [-0.2, 0) is 6.54 Å². The van der Waals surface area contributed by atoms with Gasteiger partial charge in [0, 0.05) is 5.56 Å². The fourth-order valence-electron chi connectivity index (χ4n) is 1.55. The minimum atomic E-state index is -0.350. The number of aromatic nitrogens is 1. The molecule has 2 rings (SSSR count). The molecule has 0 aliphatic heterocycles. The molecule has 0 aliphatic rings. The Morgan fingerprint density at radius 2 is 2.14 bits per heavy atom. The third kappa shape index (κ3) is 3.75. The molecule has 2 aromatic rings. The maximum absolute atomic E-state index is 13.6. The van der Waals surface area contributed by atoms with Crippen LogP contribution in [0.15, 0.2) is 57.9 Å². The van der Waals surface area contributed by atoms with Crippen LogP contribution in [0.1, 0.15) is 11.5 Å². The van der Waals surface area contributed by atoms with Gasteiger partial charge in [0.25, 0.3) is 0 Å². The molecule has 0 saturated heterocycles. The van der Waals surface area contributed by atoms with Crippen molar-refractivity contribution in [2.24, 2.45) is 16.5 Å². The number of nitrogens with one attached hydrogen (secondary N) is 1.